The molecule has 0 amide bonds. The molecule has 116 valence electrons. The molecule has 1 aromatic carbocycles. The van der Waals surface area contributed by atoms with E-state index in [1.54, 1.807) is 0 Å². The second kappa shape index (κ2) is 9.46. The summed E-state index contributed by atoms with van der Waals surface area (Å²) < 4.78 is 0. The van der Waals surface area contributed by atoms with Gasteiger partial charge in [-0.15, -0.1) is 24.8 Å². The summed E-state index contributed by atoms with van der Waals surface area (Å²) in [5.41, 5.74) is 8.02. The average molecular weight is 320 g/mol. The lowest BCUT2D eigenvalue weighted by molar-refractivity contribution is 0.268. The third kappa shape index (κ3) is 5.88. The van der Waals surface area contributed by atoms with Crippen LogP contribution in [-0.2, 0) is 6.54 Å². The third-order valence-corrected chi connectivity index (χ3v) is 3.84. The predicted molar refractivity (Wildman–Crippen MR) is 91.9 cm³/mol. The number of hydrogen-bond donors (Lipinski definition) is 1. The third-order valence-electron chi connectivity index (χ3n) is 3.84. The molecule has 0 radical (unpaired) electrons. The zero-order valence-electron chi connectivity index (χ0n) is 12.4. The Morgan fingerprint density at radius 1 is 1.35 bits per heavy atom. The van der Waals surface area contributed by atoms with Gasteiger partial charge in [0.15, 0.2) is 0 Å². The van der Waals surface area contributed by atoms with Crippen LogP contribution in [0.3, 0.4) is 0 Å². The minimum Gasteiger partial charge on any atom is -0.399 e. The minimum atomic E-state index is 0. The molecular weight excluding hydrogens is 293 g/mol. The van der Waals surface area contributed by atoms with Gasteiger partial charge in [-0.2, -0.15) is 0 Å². The molecule has 0 spiro atoms. The number of rotatable bonds is 5. The van der Waals surface area contributed by atoms with Crippen molar-refractivity contribution in [2.24, 2.45) is 5.92 Å². The van der Waals surface area contributed by atoms with Gasteiger partial charge >= 0.3 is 0 Å². The van der Waals surface area contributed by atoms with Gasteiger partial charge in [-0.1, -0.05) is 19.1 Å². The van der Waals surface area contributed by atoms with Crippen molar-refractivity contribution in [3.8, 4) is 0 Å². The molecule has 0 aliphatic carbocycles. The summed E-state index contributed by atoms with van der Waals surface area (Å²) >= 11 is 0. The van der Waals surface area contributed by atoms with E-state index in [4.69, 9.17) is 5.73 Å². The van der Waals surface area contributed by atoms with Gasteiger partial charge in [-0.25, -0.2) is 0 Å². The van der Waals surface area contributed by atoms with Gasteiger partial charge < -0.3 is 10.6 Å². The molecule has 20 heavy (non-hydrogen) atoms. The first-order valence-corrected chi connectivity index (χ1v) is 6.92. The van der Waals surface area contributed by atoms with Crippen LogP contribution in [0, 0.1) is 5.92 Å². The number of benzene rings is 1. The van der Waals surface area contributed by atoms with Gasteiger partial charge in [0.1, 0.15) is 0 Å². The highest BCUT2D eigenvalue weighted by Crippen LogP contribution is 2.20. The van der Waals surface area contributed by atoms with E-state index >= 15 is 0 Å². The fourth-order valence-corrected chi connectivity index (χ4v) is 2.73. The first kappa shape index (κ1) is 19.5. The number of likely N-dealkylation sites (tertiary alicyclic amines) is 1. The molecule has 5 heteroatoms. The van der Waals surface area contributed by atoms with Crippen LogP contribution < -0.4 is 5.73 Å². The van der Waals surface area contributed by atoms with Crippen LogP contribution in [0.1, 0.15) is 18.9 Å². The number of nitrogen functional groups attached to an aromatic ring is 1. The maximum atomic E-state index is 5.82. The normalized spacial score (nSPS) is 18.6. The number of hydrogen-bond acceptors (Lipinski definition) is 3. The Balaban J connectivity index is 0.00000180. The molecule has 0 bridgehead atoms. The van der Waals surface area contributed by atoms with Crippen molar-refractivity contribution in [3.63, 3.8) is 0 Å². The summed E-state index contributed by atoms with van der Waals surface area (Å²) in [4.78, 5) is 4.96. The predicted octanol–water partition coefficient (Wildman–Crippen LogP) is 2.89. The number of nitrogens with two attached hydrogens (primary N) is 1. The van der Waals surface area contributed by atoms with Crippen LogP contribution in [0.2, 0.25) is 0 Å². The average Bonchev–Trinajstić information content (AvgIpc) is 2.76. The van der Waals surface area contributed by atoms with E-state index in [0.717, 1.165) is 24.7 Å². The smallest absolute Gasteiger partial charge is 0.0317 e. The van der Waals surface area contributed by atoms with E-state index in [0.29, 0.717) is 0 Å². The topological polar surface area (TPSA) is 32.5 Å². The summed E-state index contributed by atoms with van der Waals surface area (Å²) in [6.45, 7) is 8.07. The number of halogens is 2. The van der Waals surface area contributed by atoms with Crippen LogP contribution in [0.15, 0.2) is 24.3 Å². The molecule has 1 aromatic rings. The molecule has 1 unspecified atom stereocenters. The quantitative estimate of drug-likeness (QED) is 0.847. The molecule has 3 nitrogen and oxygen atoms in total. The van der Waals surface area contributed by atoms with Crippen LogP contribution in [0.25, 0.3) is 0 Å². The van der Waals surface area contributed by atoms with E-state index in [1.807, 2.05) is 12.1 Å². The Hall–Kier alpha value is -0.480. The molecule has 1 heterocycles. The zero-order valence-corrected chi connectivity index (χ0v) is 14.1. The van der Waals surface area contributed by atoms with Crippen molar-refractivity contribution < 1.29 is 0 Å². The number of anilines is 1. The molecule has 1 atom stereocenters. The second-order valence-electron chi connectivity index (χ2n) is 5.49. The van der Waals surface area contributed by atoms with E-state index in [9.17, 15) is 0 Å². The first-order valence-electron chi connectivity index (χ1n) is 6.92. The van der Waals surface area contributed by atoms with Gasteiger partial charge in [0, 0.05) is 25.3 Å². The summed E-state index contributed by atoms with van der Waals surface area (Å²) in [5.74, 6) is 0.830. The van der Waals surface area contributed by atoms with E-state index < -0.39 is 0 Å². The second-order valence-corrected chi connectivity index (χ2v) is 5.49. The largest absolute Gasteiger partial charge is 0.399 e. The molecule has 1 aliphatic rings. The van der Waals surface area contributed by atoms with Crippen LogP contribution in [-0.4, -0.2) is 43.0 Å². The highest BCUT2D eigenvalue weighted by atomic mass is 35.5. The Labute approximate surface area is 135 Å². The van der Waals surface area contributed by atoms with Gasteiger partial charge in [0.25, 0.3) is 0 Å². The summed E-state index contributed by atoms with van der Waals surface area (Å²) in [6.07, 6.45) is 1.33. The maximum Gasteiger partial charge on any atom is 0.0317 e. The number of nitrogens with zero attached hydrogens (tertiary/aromatic N) is 2. The molecule has 1 saturated heterocycles. The highest BCUT2D eigenvalue weighted by molar-refractivity contribution is 5.85. The van der Waals surface area contributed by atoms with Crippen molar-refractivity contribution >= 4 is 30.5 Å². The van der Waals surface area contributed by atoms with Gasteiger partial charge in [-0.3, -0.25) is 4.90 Å². The molecule has 1 fully saturated rings. The maximum absolute atomic E-state index is 5.82. The molecular formula is C15H27Cl2N3. The lowest BCUT2D eigenvalue weighted by Crippen LogP contribution is -2.28. The lowest BCUT2D eigenvalue weighted by Gasteiger charge is -2.20. The zero-order chi connectivity index (χ0) is 13.0. The van der Waals surface area contributed by atoms with E-state index in [2.05, 4.69) is 35.9 Å². The van der Waals surface area contributed by atoms with Gasteiger partial charge in [0.2, 0.25) is 0 Å². The van der Waals surface area contributed by atoms with E-state index in [-0.39, 0.29) is 24.8 Å². The standard InChI is InChI=1S/C15H25N3.2ClH/c1-3-17(2)10-14-7-8-18(12-14)11-13-5-4-6-15(16)9-13;;/h4-6,9,14H,3,7-8,10-12,16H2,1-2H3;2*1H. The fraction of sp³-hybridized carbons (Fsp3) is 0.600. The van der Waals surface area contributed by atoms with Crippen molar-refractivity contribution in [2.45, 2.75) is 19.9 Å². The highest BCUT2D eigenvalue weighted by Gasteiger charge is 2.23. The van der Waals surface area contributed by atoms with Gasteiger partial charge in [-0.05, 0) is 50.2 Å². The van der Waals surface area contributed by atoms with Crippen molar-refractivity contribution in [3.05, 3.63) is 29.8 Å². The molecule has 0 saturated carbocycles. The SMILES string of the molecule is CCN(C)CC1CCN(Cc2cccc(N)c2)C1.Cl.Cl. The lowest BCUT2D eigenvalue weighted by atomic mass is 10.1. The molecule has 2 N–H and O–H groups in total. The Morgan fingerprint density at radius 2 is 2.10 bits per heavy atom. The van der Waals surface area contributed by atoms with Crippen molar-refractivity contribution in [1.82, 2.24) is 9.80 Å². The molecule has 1 aliphatic heterocycles. The first-order chi connectivity index (χ1) is 8.67. The van der Waals surface area contributed by atoms with Crippen molar-refractivity contribution in [1.29, 1.82) is 0 Å². The summed E-state index contributed by atoms with van der Waals surface area (Å²) in [5, 5.41) is 0. The summed E-state index contributed by atoms with van der Waals surface area (Å²) in [6, 6.07) is 8.25. The van der Waals surface area contributed by atoms with Gasteiger partial charge in [0.05, 0.1) is 0 Å². The minimum absolute atomic E-state index is 0. The monoisotopic (exact) mass is 319 g/mol. The fourth-order valence-electron chi connectivity index (χ4n) is 2.73. The molecule has 2 rings (SSSR count). The Morgan fingerprint density at radius 3 is 2.75 bits per heavy atom. The van der Waals surface area contributed by atoms with Crippen LogP contribution in [0.4, 0.5) is 5.69 Å². The van der Waals surface area contributed by atoms with E-state index in [1.165, 1.54) is 31.6 Å². The Bertz CT molecular complexity index is 387. The van der Waals surface area contributed by atoms with Crippen LogP contribution >= 0.6 is 24.8 Å². The van der Waals surface area contributed by atoms with Crippen molar-refractivity contribution in [2.75, 3.05) is 39.0 Å². The summed E-state index contributed by atoms with van der Waals surface area (Å²) in [7, 11) is 2.21. The van der Waals surface area contributed by atoms with Crippen LogP contribution in [0.5, 0.6) is 0 Å². The Kier molecular flexibility index (Phi) is 9.23. The molecule has 0 aromatic heterocycles.